The monoisotopic (exact) mass is 483 g/mol. The van der Waals surface area contributed by atoms with Crippen LogP contribution >= 0.6 is 0 Å². The van der Waals surface area contributed by atoms with Gasteiger partial charge in [-0.1, -0.05) is 30.3 Å². The van der Waals surface area contributed by atoms with Crippen molar-refractivity contribution in [2.75, 3.05) is 11.4 Å². The number of benzene rings is 3. The Kier molecular flexibility index (Phi) is 5.40. The summed E-state index contributed by atoms with van der Waals surface area (Å²) in [6.45, 7) is -0.146. The number of anilines is 1. The van der Waals surface area contributed by atoms with Gasteiger partial charge in [-0.3, -0.25) is 14.5 Å². The van der Waals surface area contributed by atoms with Crippen molar-refractivity contribution < 1.29 is 18.4 Å². The van der Waals surface area contributed by atoms with E-state index in [1.54, 1.807) is 28.0 Å². The summed E-state index contributed by atoms with van der Waals surface area (Å²) < 4.78 is 29.6. The van der Waals surface area contributed by atoms with E-state index < -0.39 is 11.9 Å². The number of rotatable bonds is 5. The first-order valence-corrected chi connectivity index (χ1v) is 11.9. The van der Waals surface area contributed by atoms with Gasteiger partial charge in [-0.2, -0.15) is 0 Å². The van der Waals surface area contributed by atoms with Gasteiger partial charge < -0.3 is 9.47 Å². The minimum atomic E-state index is -0.506. The Balaban J connectivity index is 1.41. The number of hydrogen-bond donors (Lipinski definition) is 0. The van der Waals surface area contributed by atoms with Gasteiger partial charge in [-0.25, -0.2) is 8.78 Å². The molecule has 2 aliphatic rings. The summed E-state index contributed by atoms with van der Waals surface area (Å²) in [7, 11) is 0. The summed E-state index contributed by atoms with van der Waals surface area (Å²) in [5.41, 5.74) is 3.39. The first-order valence-electron chi connectivity index (χ1n) is 11.9. The van der Waals surface area contributed by atoms with Crippen LogP contribution in [0.3, 0.4) is 0 Å². The van der Waals surface area contributed by atoms with Crippen LogP contribution in [0.25, 0.3) is 5.69 Å². The fourth-order valence-electron chi connectivity index (χ4n) is 4.98. The molecule has 36 heavy (non-hydrogen) atoms. The fourth-order valence-corrected chi connectivity index (χ4v) is 4.98. The van der Waals surface area contributed by atoms with E-state index in [4.69, 9.17) is 0 Å². The lowest BCUT2D eigenvalue weighted by Gasteiger charge is -2.39. The predicted molar refractivity (Wildman–Crippen MR) is 132 cm³/mol. The molecule has 7 heteroatoms. The maximum absolute atomic E-state index is 14.1. The molecule has 1 aliphatic carbocycles. The van der Waals surface area contributed by atoms with Gasteiger partial charge in [0.2, 0.25) is 5.91 Å². The Morgan fingerprint density at radius 1 is 0.833 bits per heavy atom. The highest BCUT2D eigenvalue weighted by molar-refractivity contribution is 6.03. The van der Waals surface area contributed by atoms with Crippen molar-refractivity contribution in [1.82, 2.24) is 9.47 Å². The van der Waals surface area contributed by atoms with E-state index in [0.29, 0.717) is 5.69 Å². The predicted octanol–water partition coefficient (Wildman–Crippen LogP) is 5.50. The number of carbonyl (C=O) groups is 2. The third-order valence-electron chi connectivity index (χ3n) is 6.80. The Morgan fingerprint density at radius 2 is 1.58 bits per heavy atom. The minimum Gasteiger partial charge on any atom is -0.326 e. The van der Waals surface area contributed by atoms with Gasteiger partial charge in [0.1, 0.15) is 24.2 Å². The Labute approximate surface area is 207 Å². The van der Waals surface area contributed by atoms with Crippen LogP contribution in [0.2, 0.25) is 0 Å². The third-order valence-corrected chi connectivity index (χ3v) is 6.80. The van der Waals surface area contributed by atoms with Gasteiger partial charge in [-0.05, 0) is 73.0 Å². The highest BCUT2D eigenvalue weighted by Crippen LogP contribution is 2.42. The molecule has 1 unspecified atom stereocenters. The number of halogens is 2. The molecule has 0 N–H and O–H groups in total. The molecule has 1 atom stereocenters. The number of aromatic nitrogens is 1. The minimum absolute atomic E-state index is 0.0575. The lowest BCUT2D eigenvalue weighted by Crippen LogP contribution is -2.47. The van der Waals surface area contributed by atoms with E-state index in [-0.39, 0.29) is 35.8 Å². The van der Waals surface area contributed by atoms with E-state index in [1.165, 1.54) is 30.3 Å². The highest BCUT2D eigenvalue weighted by atomic mass is 19.1. The van der Waals surface area contributed by atoms with Gasteiger partial charge in [0.15, 0.2) is 0 Å². The molecule has 180 valence electrons. The average Bonchev–Trinajstić information content (AvgIpc) is 3.61. The first kappa shape index (κ1) is 22.2. The number of nitrogens with zero attached hydrogens (tertiary/aromatic N) is 3. The van der Waals surface area contributed by atoms with Crippen LogP contribution in [0.4, 0.5) is 14.5 Å². The van der Waals surface area contributed by atoms with Crippen molar-refractivity contribution in [3.05, 3.63) is 120 Å². The van der Waals surface area contributed by atoms with Crippen molar-refractivity contribution in [3.63, 3.8) is 0 Å². The zero-order chi connectivity index (χ0) is 24.8. The number of para-hydroxylation sites is 2. The molecule has 1 aromatic heterocycles. The molecular formula is C29H23F2N3O2. The summed E-state index contributed by atoms with van der Waals surface area (Å²) in [4.78, 5) is 30.6. The smallest absolute Gasteiger partial charge is 0.254 e. The van der Waals surface area contributed by atoms with Crippen LogP contribution in [0.1, 0.15) is 40.5 Å². The number of carbonyl (C=O) groups excluding carboxylic acids is 2. The topological polar surface area (TPSA) is 45.6 Å². The SMILES string of the molecule is O=C(c1cccc(F)c1)N(CC(=O)N1c2ccccc2-n2cccc2C1c1ccc(F)cc1)C1CC1. The van der Waals surface area contributed by atoms with Crippen molar-refractivity contribution in [2.45, 2.75) is 24.9 Å². The van der Waals surface area contributed by atoms with E-state index in [0.717, 1.165) is 29.8 Å². The summed E-state index contributed by atoms with van der Waals surface area (Å²) in [5, 5.41) is 0. The Hall–Kier alpha value is -4.26. The lowest BCUT2D eigenvalue weighted by atomic mass is 9.97. The fraction of sp³-hybridized carbons (Fsp3) is 0.172. The maximum Gasteiger partial charge on any atom is 0.254 e. The molecule has 0 bridgehead atoms. The number of fused-ring (bicyclic) bond motifs is 3. The van der Waals surface area contributed by atoms with Gasteiger partial charge in [0.25, 0.3) is 5.91 Å². The van der Waals surface area contributed by atoms with Crippen molar-refractivity contribution in [1.29, 1.82) is 0 Å². The molecule has 2 heterocycles. The lowest BCUT2D eigenvalue weighted by molar-refractivity contribution is -0.119. The summed E-state index contributed by atoms with van der Waals surface area (Å²) in [6.07, 6.45) is 3.54. The summed E-state index contributed by atoms with van der Waals surface area (Å²) in [6, 6.07) is 22.6. The first-order chi connectivity index (χ1) is 17.5. The maximum atomic E-state index is 14.1. The van der Waals surface area contributed by atoms with Gasteiger partial charge in [0.05, 0.1) is 17.1 Å². The van der Waals surface area contributed by atoms with E-state index in [1.807, 2.05) is 47.2 Å². The zero-order valence-electron chi connectivity index (χ0n) is 19.4. The Morgan fingerprint density at radius 3 is 2.31 bits per heavy atom. The molecule has 4 aromatic rings. The molecule has 0 spiro atoms. The molecule has 0 saturated heterocycles. The number of hydrogen-bond acceptors (Lipinski definition) is 2. The van der Waals surface area contributed by atoms with Gasteiger partial charge >= 0.3 is 0 Å². The van der Waals surface area contributed by atoms with Crippen LogP contribution in [0, 0.1) is 11.6 Å². The second kappa shape index (κ2) is 8.75. The average molecular weight is 484 g/mol. The van der Waals surface area contributed by atoms with E-state index in [9.17, 15) is 18.4 Å². The molecule has 6 rings (SSSR count). The summed E-state index contributed by atoms with van der Waals surface area (Å²) >= 11 is 0. The van der Waals surface area contributed by atoms with Crippen molar-refractivity contribution in [3.8, 4) is 5.69 Å². The van der Waals surface area contributed by atoms with Crippen LogP contribution < -0.4 is 4.90 Å². The third kappa shape index (κ3) is 3.86. The summed E-state index contributed by atoms with van der Waals surface area (Å²) in [5.74, 6) is -1.48. The molecule has 1 saturated carbocycles. The van der Waals surface area contributed by atoms with Crippen LogP contribution in [0.15, 0.2) is 91.1 Å². The highest BCUT2D eigenvalue weighted by Gasteiger charge is 2.40. The molecule has 1 aliphatic heterocycles. The second-order valence-corrected chi connectivity index (χ2v) is 9.18. The molecule has 1 fully saturated rings. The van der Waals surface area contributed by atoms with Gasteiger partial charge in [-0.15, -0.1) is 0 Å². The second-order valence-electron chi connectivity index (χ2n) is 9.18. The van der Waals surface area contributed by atoms with Crippen LogP contribution in [0.5, 0.6) is 0 Å². The molecule has 5 nitrogen and oxygen atoms in total. The number of amides is 2. The molecule has 0 radical (unpaired) electrons. The quantitative estimate of drug-likeness (QED) is 0.377. The van der Waals surface area contributed by atoms with Crippen molar-refractivity contribution in [2.24, 2.45) is 0 Å². The largest absolute Gasteiger partial charge is 0.326 e. The molecular weight excluding hydrogens is 460 g/mol. The van der Waals surface area contributed by atoms with Crippen LogP contribution in [-0.2, 0) is 4.79 Å². The van der Waals surface area contributed by atoms with E-state index in [2.05, 4.69) is 0 Å². The van der Waals surface area contributed by atoms with Gasteiger partial charge in [0, 0.05) is 17.8 Å². The normalized spacial score (nSPS) is 16.3. The van der Waals surface area contributed by atoms with Crippen molar-refractivity contribution >= 4 is 17.5 Å². The molecule has 3 aromatic carbocycles. The zero-order valence-corrected chi connectivity index (χ0v) is 19.4. The standard InChI is InChI=1S/C29H23F2N3O2/c30-21-12-10-19(11-13-21)28-26-9-4-16-32(26)24-7-1-2-8-25(24)34(28)27(35)18-33(23-14-15-23)29(36)20-5-3-6-22(31)17-20/h1-13,16-17,23,28H,14-15,18H2. The van der Waals surface area contributed by atoms with Crippen LogP contribution in [-0.4, -0.2) is 33.9 Å². The Bertz CT molecular complexity index is 1460. The van der Waals surface area contributed by atoms with E-state index >= 15 is 0 Å². The molecule has 2 amide bonds.